The van der Waals surface area contributed by atoms with E-state index >= 15 is 0 Å². The topological polar surface area (TPSA) is 96.0 Å². The number of hydrogen-bond donors (Lipinski definition) is 3. The van der Waals surface area contributed by atoms with Crippen LogP contribution in [0, 0.1) is 6.92 Å². The quantitative estimate of drug-likeness (QED) is 0.480. The number of aromatic amines is 1. The first-order valence-corrected chi connectivity index (χ1v) is 7.53. The van der Waals surface area contributed by atoms with Crippen LogP contribution in [-0.4, -0.2) is 22.3 Å². The largest absolute Gasteiger partial charge is 0.497 e. The molecule has 0 aliphatic carbocycles. The van der Waals surface area contributed by atoms with Crippen LogP contribution >= 0.6 is 12.2 Å². The highest BCUT2D eigenvalue weighted by Crippen LogP contribution is 2.36. The minimum atomic E-state index is -0.0905. The lowest BCUT2D eigenvalue weighted by Crippen LogP contribution is -2.01. The third-order valence-electron chi connectivity index (χ3n) is 3.15. The van der Waals surface area contributed by atoms with Crippen molar-refractivity contribution in [3.63, 3.8) is 0 Å². The van der Waals surface area contributed by atoms with E-state index in [1.165, 1.54) is 5.56 Å². The van der Waals surface area contributed by atoms with Gasteiger partial charge in [-0.15, -0.1) is 10.2 Å². The molecule has 1 heterocycles. The van der Waals surface area contributed by atoms with Crippen molar-refractivity contribution in [2.75, 3.05) is 7.11 Å². The molecule has 0 radical (unpaired) electrons. The molecule has 4 N–H and O–H groups in total. The number of nitrogens with two attached hydrogens (primary N) is 1. The molecule has 7 heteroatoms. The summed E-state index contributed by atoms with van der Waals surface area (Å²) in [6.07, 6.45) is 0. The van der Waals surface area contributed by atoms with Gasteiger partial charge in [-0.25, -0.2) is 0 Å². The molecule has 0 aliphatic rings. The van der Waals surface area contributed by atoms with Crippen LogP contribution in [0.5, 0.6) is 11.6 Å². The van der Waals surface area contributed by atoms with Crippen LogP contribution in [0.2, 0.25) is 0 Å². The van der Waals surface area contributed by atoms with Crippen molar-refractivity contribution in [3.8, 4) is 11.6 Å². The van der Waals surface area contributed by atoms with E-state index in [-0.39, 0.29) is 11.0 Å². The lowest BCUT2D eigenvalue weighted by Gasteiger charge is -1.98. The Morgan fingerprint density at radius 2 is 1.92 bits per heavy atom. The molecule has 1 aromatic heterocycles. The fourth-order valence-corrected chi connectivity index (χ4v) is 2.05. The smallest absolute Gasteiger partial charge is 0.218 e. The predicted molar refractivity (Wildman–Crippen MR) is 99.0 cm³/mol. The number of benzene rings is 2. The maximum absolute atomic E-state index is 9.68. The average molecular weight is 342 g/mol. The Bertz CT molecular complexity index is 860. The van der Waals surface area contributed by atoms with Crippen LogP contribution in [0.15, 0.2) is 58.8 Å². The summed E-state index contributed by atoms with van der Waals surface area (Å²) in [5.41, 5.74) is 7.52. The zero-order valence-corrected chi connectivity index (χ0v) is 14.2. The van der Waals surface area contributed by atoms with Crippen LogP contribution in [0.1, 0.15) is 5.56 Å². The molecular formula is C17H18N4O2S. The molecule has 2 aromatic carbocycles. The zero-order valence-electron chi connectivity index (χ0n) is 13.4. The first kappa shape index (κ1) is 17.4. The molecular weight excluding hydrogens is 324 g/mol. The third-order valence-corrected chi connectivity index (χ3v) is 3.23. The van der Waals surface area contributed by atoms with Gasteiger partial charge in [-0.3, -0.25) is 0 Å². The van der Waals surface area contributed by atoms with Crippen molar-refractivity contribution in [2.45, 2.75) is 6.92 Å². The Morgan fingerprint density at radius 1 is 1.21 bits per heavy atom. The highest BCUT2D eigenvalue weighted by Gasteiger charge is 2.10. The normalized spacial score (nSPS) is 10.4. The Morgan fingerprint density at radius 3 is 2.46 bits per heavy atom. The number of azo groups is 1. The molecule has 0 atom stereocenters. The summed E-state index contributed by atoms with van der Waals surface area (Å²) in [5.74, 6) is 0.588. The first-order valence-electron chi connectivity index (χ1n) is 7.12. The molecule has 124 valence electrons. The molecule has 0 unspecified atom stereocenters. The molecule has 0 saturated heterocycles. The molecule has 0 fully saturated rings. The molecule has 0 aliphatic heterocycles. The minimum Gasteiger partial charge on any atom is -0.497 e. The maximum atomic E-state index is 9.68. The van der Waals surface area contributed by atoms with E-state index in [9.17, 15) is 5.11 Å². The maximum Gasteiger partial charge on any atom is 0.218 e. The van der Waals surface area contributed by atoms with Crippen molar-refractivity contribution in [3.05, 3.63) is 54.1 Å². The monoisotopic (exact) mass is 342 g/mol. The van der Waals surface area contributed by atoms with Gasteiger partial charge in [-0.05, 0) is 31.3 Å². The molecule has 3 rings (SSSR count). The number of nitrogens with zero attached hydrogens (tertiary/aromatic N) is 2. The Balaban J connectivity index is 0.000000249. The van der Waals surface area contributed by atoms with Crippen LogP contribution < -0.4 is 10.5 Å². The van der Waals surface area contributed by atoms with Crippen LogP contribution in [0.4, 0.5) is 5.69 Å². The molecule has 24 heavy (non-hydrogen) atoms. The highest BCUT2D eigenvalue weighted by molar-refractivity contribution is 7.80. The van der Waals surface area contributed by atoms with Gasteiger partial charge < -0.3 is 20.6 Å². The minimum absolute atomic E-state index is 0.0896. The van der Waals surface area contributed by atoms with Crippen molar-refractivity contribution in [2.24, 2.45) is 16.0 Å². The number of aryl methyl sites for hydroxylation is 1. The molecule has 0 saturated carbocycles. The van der Waals surface area contributed by atoms with Gasteiger partial charge >= 0.3 is 0 Å². The second-order valence-corrected chi connectivity index (χ2v) is 5.34. The van der Waals surface area contributed by atoms with E-state index in [1.54, 1.807) is 25.3 Å². The Labute approximate surface area is 145 Å². The van der Waals surface area contributed by atoms with Crippen LogP contribution in [0.25, 0.3) is 10.9 Å². The van der Waals surface area contributed by atoms with Gasteiger partial charge in [-0.1, -0.05) is 35.9 Å². The van der Waals surface area contributed by atoms with Crippen LogP contribution in [-0.2, 0) is 0 Å². The van der Waals surface area contributed by atoms with E-state index < -0.39 is 0 Å². The molecule has 0 amide bonds. The van der Waals surface area contributed by atoms with Gasteiger partial charge in [0, 0.05) is 11.5 Å². The van der Waals surface area contributed by atoms with Gasteiger partial charge in [0.25, 0.3) is 0 Å². The van der Waals surface area contributed by atoms with E-state index in [1.807, 2.05) is 18.2 Å². The molecule has 0 bridgehead atoms. The summed E-state index contributed by atoms with van der Waals surface area (Å²) in [5, 5.41) is 17.6. The third kappa shape index (κ3) is 4.53. The SMILES string of the molecule is COc1ccc2c(N=NC(N)=S)c(O)[nH]c2c1.Cc1ccccc1. The number of aromatic hydroxyl groups is 1. The number of rotatable bonds is 2. The molecule has 0 spiro atoms. The number of H-pyrrole nitrogens is 1. The Hall–Kier alpha value is -2.93. The van der Waals surface area contributed by atoms with Gasteiger partial charge in [-0.2, -0.15) is 0 Å². The van der Waals surface area contributed by atoms with E-state index in [4.69, 9.17) is 10.5 Å². The predicted octanol–water partition coefficient (Wildman–Crippen LogP) is 4.20. The van der Waals surface area contributed by atoms with Gasteiger partial charge in [0.2, 0.25) is 11.0 Å². The second-order valence-electron chi connectivity index (χ2n) is 4.93. The summed E-state index contributed by atoms with van der Waals surface area (Å²) in [4.78, 5) is 2.76. The number of fused-ring (bicyclic) bond motifs is 1. The summed E-state index contributed by atoms with van der Waals surface area (Å²) < 4.78 is 5.07. The standard InChI is InChI=1S/C10H10N4O2S.C7H8/c1-16-5-2-3-6-7(4-5)12-9(15)8(6)13-14-10(11)17;1-7-5-3-2-4-6-7/h2-4,12,15H,1H3,(H2,11,17);2-6H,1H3. The van der Waals surface area contributed by atoms with E-state index in [0.29, 0.717) is 22.3 Å². The number of ether oxygens (including phenoxy) is 1. The van der Waals surface area contributed by atoms with Crippen molar-refractivity contribution in [1.82, 2.24) is 4.98 Å². The summed E-state index contributed by atoms with van der Waals surface area (Å²) in [7, 11) is 1.57. The highest BCUT2D eigenvalue weighted by atomic mass is 32.1. The fourth-order valence-electron chi connectivity index (χ4n) is 2.01. The van der Waals surface area contributed by atoms with E-state index in [2.05, 4.69) is 46.5 Å². The molecule has 6 nitrogen and oxygen atoms in total. The fraction of sp³-hybridized carbons (Fsp3) is 0.118. The van der Waals surface area contributed by atoms with Crippen molar-refractivity contribution >= 4 is 33.9 Å². The number of thiocarbonyl (C=S) groups is 1. The molecule has 3 aromatic rings. The number of nitrogens with one attached hydrogen (secondary N) is 1. The van der Waals surface area contributed by atoms with Crippen molar-refractivity contribution in [1.29, 1.82) is 0 Å². The zero-order chi connectivity index (χ0) is 17.5. The number of methoxy groups -OCH3 is 1. The van der Waals surface area contributed by atoms with Gasteiger partial charge in [0.05, 0.1) is 12.6 Å². The van der Waals surface area contributed by atoms with Gasteiger partial charge in [0.1, 0.15) is 5.75 Å². The summed E-state index contributed by atoms with van der Waals surface area (Å²) in [6.45, 7) is 2.08. The average Bonchev–Trinajstić information content (AvgIpc) is 2.88. The van der Waals surface area contributed by atoms with E-state index in [0.717, 1.165) is 0 Å². The van der Waals surface area contributed by atoms with Crippen molar-refractivity contribution < 1.29 is 9.84 Å². The lowest BCUT2D eigenvalue weighted by molar-refractivity contribution is 0.415. The van der Waals surface area contributed by atoms with Gasteiger partial charge in [0.15, 0.2) is 5.69 Å². The first-order chi connectivity index (χ1) is 11.5. The van der Waals surface area contributed by atoms with Crippen LogP contribution in [0.3, 0.4) is 0 Å². The second kappa shape index (κ2) is 8.07. The summed E-state index contributed by atoms with van der Waals surface area (Å²) >= 11 is 4.58. The number of hydrogen-bond acceptors (Lipinski definition) is 4. The lowest BCUT2D eigenvalue weighted by atomic mass is 10.2. The Kier molecular flexibility index (Phi) is 5.86. The number of aromatic nitrogens is 1. The summed E-state index contributed by atoms with van der Waals surface area (Å²) in [6, 6.07) is 15.5.